The molecule has 0 aliphatic carbocycles. The van der Waals surface area contributed by atoms with Crippen LogP contribution in [0.5, 0.6) is 0 Å². The average Bonchev–Trinajstić information content (AvgIpc) is 2.41. The molecule has 0 atom stereocenters. The third kappa shape index (κ3) is 4.43. The molecule has 2 rings (SSSR count). The smallest absolute Gasteiger partial charge is 0.238 e. The third-order valence-electron chi connectivity index (χ3n) is 2.67. The number of benzene rings is 2. The van der Waals surface area contributed by atoms with Crippen LogP contribution in [-0.2, 0) is 11.3 Å². The summed E-state index contributed by atoms with van der Waals surface area (Å²) < 4.78 is 14.0. The Hall–Kier alpha value is -1.72. The molecule has 0 bridgehead atoms. The minimum absolute atomic E-state index is 0.165. The molecular formula is C15H14BrFN2O. The van der Waals surface area contributed by atoms with Crippen LogP contribution in [0.2, 0.25) is 0 Å². The summed E-state index contributed by atoms with van der Waals surface area (Å²) in [6, 6.07) is 13.6. The lowest BCUT2D eigenvalue weighted by atomic mass is 10.2. The molecule has 20 heavy (non-hydrogen) atoms. The van der Waals surface area contributed by atoms with Gasteiger partial charge in [-0.25, -0.2) is 4.39 Å². The molecule has 0 aliphatic rings. The Morgan fingerprint density at radius 1 is 1.15 bits per heavy atom. The van der Waals surface area contributed by atoms with Crippen molar-refractivity contribution in [3.63, 3.8) is 0 Å². The quantitative estimate of drug-likeness (QED) is 0.879. The highest BCUT2D eigenvalue weighted by Gasteiger charge is 2.03. The lowest BCUT2D eigenvalue weighted by Crippen LogP contribution is -2.27. The molecule has 0 saturated heterocycles. The van der Waals surface area contributed by atoms with Crippen LogP contribution in [0.1, 0.15) is 5.56 Å². The molecule has 2 N–H and O–H groups in total. The Bertz CT molecular complexity index is 604. The van der Waals surface area contributed by atoms with E-state index in [0.29, 0.717) is 12.2 Å². The van der Waals surface area contributed by atoms with E-state index in [2.05, 4.69) is 26.6 Å². The molecule has 5 heteroatoms. The van der Waals surface area contributed by atoms with Gasteiger partial charge in [0.2, 0.25) is 5.91 Å². The Balaban J connectivity index is 1.80. The van der Waals surface area contributed by atoms with Crippen LogP contribution in [0, 0.1) is 5.82 Å². The molecule has 0 radical (unpaired) electrons. The second-order valence-corrected chi connectivity index (χ2v) is 5.11. The molecule has 1 amide bonds. The summed E-state index contributed by atoms with van der Waals surface area (Å²) in [5, 5.41) is 5.67. The molecule has 0 saturated carbocycles. The van der Waals surface area contributed by atoms with Crippen molar-refractivity contribution in [2.24, 2.45) is 0 Å². The zero-order chi connectivity index (χ0) is 14.4. The zero-order valence-corrected chi connectivity index (χ0v) is 12.3. The molecule has 0 heterocycles. The first-order valence-electron chi connectivity index (χ1n) is 6.15. The summed E-state index contributed by atoms with van der Waals surface area (Å²) in [7, 11) is 0. The molecule has 0 aliphatic heterocycles. The molecule has 0 spiro atoms. The molecule has 2 aromatic carbocycles. The van der Waals surface area contributed by atoms with Crippen LogP contribution in [-0.4, -0.2) is 12.5 Å². The Labute approximate surface area is 125 Å². The maximum Gasteiger partial charge on any atom is 0.238 e. The van der Waals surface area contributed by atoms with E-state index in [-0.39, 0.29) is 18.3 Å². The third-order valence-corrected chi connectivity index (χ3v) is 3.44. The Kier molecular flexibility index (Phi) is 5.26. The number of rotatable bonds is 5. The number of hydrogen-bond donors (Lipinski definition) is 2. The van der Waals surface area contributed by atoms with Crippen LogP contribution >= 0.6 is 15.9 Å². The maximum atomic E-state index is 13.0. The van der Waals surface area contributed by atoms with Crippen molar-refractivity contribution in [2.45, 2.75) is 6.54 Å². The summed E-state index contributed by atoms with van der Waals surface area (Å²) in [5.74, 6) is -0.577. The van der Waals surface area contributed by atoms with Crippen molar-refractivity contribution in [1.29, 1.82) is 0 Å². The van der Waals surface area contributed by atoms with Crippen molar-refractivity contribution in [3.8, 4) is 0 Å². The van der Waals surface area contributed by atoms with E-state index in [9.17, 15) is 9.18 Å². The van der Waals surface area contributed by atoms with Gasteiger partial charge in [0.25, 0.3) is 0 Å². The summed E-state index contributed by atoms with van der Waals surface area (Å²) in [4.78, 5) is 11.7. The fraction of sp³-hybridized carbons (Fsp3) is 0.133. The van der Waals surface area contributed by atoms with Gasteiger partial charge in [-0.15, -0.1) is 0 Å². The topological polar surface area (TPSA) is 41.1 Å². The van der Waals surface area contributed by atoms with E-state index in [1.807, 2.05) is 24.3 Å². The number of anilines is 1. The minimum Gasteiger partial charge on any atom is -0.325 e. The number of carbonyl (C=O) groups is 1. The predicted molar refractivity (Wildman–Crippen MR) is 80.9 cm³/mol. The molecular weight excluding hydrogens is 323 g/mol. The molecule has 3 nitrogen and oxygen atoms in total. The molecule has 0 aromatic heterocycles. The van der Waals surface area contributed by atoms with Gasteiger partial charge >= 0.3 is 0 Å². The molecule has 2 aromatic rings. The van der Waals surface area contributed by atoms with Crippen molar-refractivity contribution in [2.75, 3.05) is 11.9 Å². The summed E-state index contributed by atoms with van der Waals surface area (Å²) in [5.41, 5.74) is 1.53. The second-order valence-electron chi connectivity index (χ2n) is 4.25. The van der Waals surface area contributed by atoms with E-state index in [1.54, 1.807) is 12.1 Å². The van der Waals surface area contributed by atoms with Gasteiger partial charge in [0.15, 0.2) is 0 Å². The highest BCUT2D eigenvalue weighted by molar-refractivity contribution is 9.10. The van der Waals surface area contributed by atoms with E-state index in [1.165, 1.54) is 12.1 Å². The number of amides is 1. The number of carbonyl (C=O) groups excluding carboxylic acids is 1. The van der Waals surface area contributed by atoms with Crippen molar-refractivity contribution in [1.82, 2.24) is 5.32 Å². The van der Waals surface area contributed by atoms with Gasteiger partial charge in [0.1, 0.15) is 5.82 Å². The summed E-state index contributed by atoms with van der Waals surface area (Å²) in [6.45, 7) is 0.746. The highest BCUT2D eigenvalue weighted by Crippen LogP contribution is 2.15. The van der Waals surface area contributed by atoms with E-state index in [0.717, 1.165) is 10.0 Å². The normalized spacial score (nSPS) is 10.3. The first-order valence-corrected chi connectivity index (χ1v) is 6.94. The monoisotopic (exact) mass is 336 g/mol. The zero-order valence-electron chi connectivity index (χ0n) is 10.7. The largest absolute Gasteiger partial charge is 0.325 e. The number of halogens is 2. The number of nitrogens with one attached hydrogen (secondary N) is 2. The van der Waals surface area contributed by atoms with Crippen molar-refractivity contribution >= 4 is 27.5 Å². The lowest BCUT2D eigenvalue weighted by molar-refractivity contribution is -0.115. The van der Waals surface area contributed by atoms with Crippen LogP contribution < -0.4 is 10.6 Å². The maximum absolute atomic E-state index is 13.0. The van der Waals surface area contributed by atoms with Gasteiger partial charge in [-0.05, 0) is 29.8 Å². The summed E-state index contributed by atoms with van der Waals surface area (Å²) in [6.07, 6.45) is 0. The predicted octanol–water partition coefficient (Wildman–Crippen LogP) is 3.32. The summed E-state index contributed by atoms with van der Waals surface area (Å²) >= 11 is 3.44. The second kappa shape index (κ2) is 7.17. The fourth-order valence-corrected chi connectivity index (χ4v) is 2.15. The minimum atomic E-state index is -0.371. The van der Waals surface area contributed by atoms with Gasteiger partial charge in [0, 0.05) is 16.7 Å². The average molecular weight is 337 g/mol. The van der Waals surface area contributed by atoms with Gasteiger partial charge < -0.3 is 10.6 Å². The van der Waals surface area contributed by atoms with Gasteiger partial charge in [-0.2, -0.15) is 0 Å². The van der Waals surface area contributed by atoms with E-state index in [4.69, 9.17) is 0 Å². The van der Waals surface area contributed by atoms with Crippen molar-refractivity contribution in [3.05, 3.63) is 64.4 Å². The van der Waals surface area contributed by atoms with Gasteiger partial charge in [-0.3, -0.25) is 4.79 Å². The Morgan fingerprint density at radius 2 is 1.95 bits per heavy atom. The highest BCUT2D eigenvalue weighted by atomic mass is 79.9. The Morgan fingerprint density at radius 3 is 2.70 bits per heavy atom. The van der Waals surface area contributed by atoms with Crippen LogP contribution in [0.4, 0.5) is 10.1 Å². The van der Waals surface area contributed by atoms with E-state index < -0.39 is 0 Å². The van der Waals surface area contributed by atoms with Crippen molar-refractivity contribution < 1.29 is 9.18 Å². The SMILES string of the molecule is O=C(CNCc1ccccc1Br)Nc1cccc(F)c1. The molecule has 0 fully saturated rings. The lowest BCUT2D eigenvalue weighted by Gasteiger charge is -2.08. The van der Waals surface area contributed by atoms with E-state index >= 15 is 0 Å². The van der Waals surface area contributed by atoms with Crippen LogP contribution in [0.3, 0.4) is 0 Å². The molecule has 0 unspecified atom stereocenters. The standard InChI is InChI=1S/C15H14BrFN2O/c16-14-7-2-1-4-11(14)9-18-10-15(20)19-13-6-3-5-12(17)8-13/h1-8,18H,9-10H2,(H,19,20). The molecule has 104 valence electrons. The first-order chi connectivity index (χ1) is 9.65. The fourth-order valence-electron chi connectivity index (χ4n) is 1.72. The van der Waals surface area contributed by atoms with Gasteiger partial charge in [-0.1, -0.05) is 40.2 Å². The first kappa shape index (κ1) is 14.7. The number of hydrogen-bond acceptors (Lipinski definition) is 2. The van der Waals surface area contributed by atoms with Crippen LogP contribution in [0.25, 0.3) is 0 Å². The van der Waals surface area contributed by atoms with Crippen LogP contribution in [0.15, 0.2) is 53.0 Å². The van der Waals surface area contributed by atoms with Gasteiger partial charge in [0.05, 0.1) is 6.54 Å².